The molecule has 2 aromatic rings. The molecule has 204 valence electrons. The first-order valence-electron chi connectivity index (χ1n) is 12.1. The van der Waals surface area contributed by atoms with Crippen molar-refractivity contribution >= 4 is 11.7 Å². The molecule has 11 heteroatoms. The van der Waals surface area contributed by atoms with Crippen LogP contribution < -0.4 is 15.4 Å². The Hall–Kier alpha value is -2.95. The Kier molecular flexibility index (Phi) is 9.33. The molecule has 1 saturated heterocycles. The number of nitrogens with zero attached hydrogens (tertiary/aromatic N) is 1. The van der Waals surface area contributed by atoms with Gasteiger partial charge in [0.15, 0.2) is 0 Å². The minimum absolute atomic E-state index is 0.0168. The summed E-state index contributed by atoms with van der Waals surface area (Å²) >= 11 is 0. The maximum Gasteiger partial charge on any atom is 0.416 e. The van der Waals surface area contributed by atoms with Crippen LogP contribution in [0.5, 0.6) is 5.75 Å². The van der Waals surface area contributed by atoms with Crippen LogP contribution in [-0.4, -0.2) is 37.7 Å². The van der Waals surface area contributed by atoms with E-state index in [1.807, 2.05) is 18.2 Å². The van der Waals surface area contributed by atoms with E-state index in [9.17, 15) is 31.1 Å². The summed E-state index contributed by atoms with van der Waals surface area (Å²) < 4.78 is 84.4. The number of hydrogen-bond acceptors (Lipinski definition) is 3. The van der Waals surface area contributed by atoms with E-state index in [1.54, 1.807) is 6.07 Å². The Morgan fingerprint density at radius 1 is 1.03 bits per heavy atom. The number of para-hydroxylation sites is 1. The van der Waals surface area contributed by atoms with Gasteiger partial charge in [0.2, 0.25) is 0 Å². The number of rotatable bonds is 8. The van der Waals surface area contributed by atoms with Crippen molar-refractivity contribution in [3.8, 4) is 5.75 Å². The van der Waals surface area contributed by atoms with Crippen molar-refractivity contribution in [2.45, 2.75) is 51.0 Å². The van der Waals surface area contributed by atoms with Gasteiger partial charge in [-0.2, -0.15) is 26.3 Å². The van der Waals surface area contributed by atoms with Crippen molar-refractivity contribution in [2.75, 3.05) is 32.1 Å². The quantitative estimate of drug-likeness (QED) is 0.357. The molecule has 1 aliphatic heterocycles. The maximum absolute atomic E-state index is 13.2. The molecule has 0 bridgehead atoms. The number of amides is 2. The lowest BCUT2D eigenvalue weighted by Gasteiger charge is -2.38. The molecule has 5 nitrogen and oxygen atoms in total. The van der Waals surface area contributed by atoms with Crippen molar-refractivity contribution < 1.29 is 35.9 Å². The second kappa shape index (κ2) is 12.1. The molecule has 1 aliphatic rings. The predicted octanol–water partition coefficient (Wildman–Crippen LogP) is 7.11. The van der Waals surface area contributed by atoms with Crippen LogP contribution in [0.1, 0.15) is 55.3 Å². The summed E-state index contributed by atoms with van der Waals surface area (Å²) in [5, 5.41) is 4.75. The molecule has 1 unspecified atom stereocenters. The summed E-state index contributed by atoms with van der Waals surface area (Å²) in [6, 6.07) is 7.11. The van der Waals surface area contributed by atoms with Crippen LogP contribution in [0.2, 0.25) is 0 Å². The number of ether oxygens (including phenoxy) is 1. The summed E-state index contributed by atoms with van der Waals surface area (Å²) in [7, 11) is 1.54. The van der Waals surface area contributed by atoms with Gasteiger partial charge in [-0.3, -0.25) is 4.90 Å². The van der Waals surface area contributed by atoms with Crippen molar-refractivity contribution in [3.63, 3.8) is 0 Å². The molecule has 2 aromatic carbocycles. The van der Waals surface area contributed by atoms with Crippen molar-refractivity contribution in [1.82, 2.24) is 10.2 Å². The lowest BCUT2D eigenvalue weighted by atomic mass is 9.90. The molecule has 1 fully saturated rings. The zero-order chi connectivity index (χ0) is 27.2. The Morgan fingerprint density at radius 2 is 1.62 bits per heavy atom. The van der Waals surface area contributed by atoms with Crippen LogP contribution in [0.3, 0.4) is 0 Å². The first kappa shape index (κ1) is 28.6. The summed E-state index contributed by atoms with van der Waals surface area (Å²) in [4.78, 5) is 14.8. The highest BCUT2D eigenvalue weighted by atomic mass is 19.4. The van der Waals surface area contributed by atoms with E-state index >= 15 is 0 Å². The van der Waals surface area contributed by atoms with Crippen molar-refractivity contribution in [3.05, 3.63) is 59.2 Å². The second-order valence-electron chi connectivity index (χ2n) is 9.16. The molecule has 0 aliphatic carbocycles. The highest BCUT2D eigenvalue weighted by molar-refractivity contribution is 5.89. The van der Waals surface area contributed by atoms with Gasteiger partial charge < -0.3 is 15.4 Å². The van der Waals surface area contributed by atoms with Crippen LogP contribution in [0.15, 0.2) is 42.5 Å². The van der Waals surface area contributed by atoms with Crippen LogP contribution in [0.4, 0.5) is 36.8 Å². The average Bonchev–Trinajstić information content (AvgIpc) is 2.84. The monoisotopic (exact) mass is 531 g/mol. The van der Waals surface area contributed by atoms with Gasteiger partial charge in [-0.25, -0.2) is 4.79 Å². The molecule has 37 heavy (non-hydrogen) atoms. The molecule has 0 aromatic heterocycles. The fraction of sp³-hybridized carbons (Fsp3) is 0.500. The molecule has 0 spiro atoms. The Balaban J connectivity index is 1.77. The Morgan fingerprint density at radius 3 is 2.16 bits per heavy atom. The van der Waals surface area contributed by atoms with Gasteiger partial charge in [-0.15, -0.1) is 0 Å². The number of carbonyl (C=O) groups is 1. The van der Waals surface area contributed by atoms with E-state index < -0.39 is 35.2 Å². The summed E-state index contributed by atoms with van der Waals surface area (Å²) in [6.07, 6.45) is -5.77. The summed E-state index contributed by atoms with van der Waals surface area (Å²) in [5.41, 5.74) is -2.77. The predicted molar refractivity (Wildman–Crippen MR) is 128 cm³/mol. The van der Waals surface area contributed by atoms with Crippen molar-refractivity contribution in [1.29, 1.82) is 0 Å². The Bertz CT molecular complexity index is 1020. The number of carbonyl (C=O) groups excluding carboxylic acids is 1. The fourth-order valence-corrected chi connectivity index (χ4v) is 4.73. The molecule has 0 saturated carbocycles. The summed E-state index contributed by atoms with van der Waals surface area (Å²) in [6.45, 7) is 3.81. The van der Waals surface area contributed by atoms with E-state index in [-0.39, 0.29) is 18.7 Å². The van der Waals surface area contributed by atoms with Gasteiger partial charge in [0, 0.05) is 17.8 Å². The number of methoxy groups -OCH3 is 1. The first-order valence-corrected chi connectivity index (χ1v) is 12.1. The maximum atomic E-state index is 13.2. The van der Waals surface area contributed by atoms with E-state index in [0.717, 1.165) is 44.3 Å². The highest BCUT2D eigenvalue weighted by Crippen LogP contribution is 2.38. The molecule has 3 rings (SSSR count). The molecule has 1 atom stereocenters. The third-order valence-corrected chi connectivity index (χ3v) is 6.59. The number of nitrogens with one attached hydrogen (secondary N) is 2. The van der Waals surface area contributed by atoms with Gasteiger partial charge in [-0.05, 0) is 56.1 Å². The van der Waals surface area contributed by atoms with Crippen LogP contribution in [-0.2, 0) is 12.4 Å². The molecular formula is C26H31F6N3O2. The molecule has 1 heterocycles. The number of benzene rings is 2. The van der Waals surface area contributed by atoms with E-state index in [1.165, 1.54) is 7.11 Å². The SMILES string of the molecule is CCCC1CCN(C(CNC(=O)Nc2cc(C(F)(F)F)cc(C(F)(F)F)c2)c2ccccc2OC)CC1. The van der Waals surface area contributed by atoms with E-state index in [0.29, 0.717) is 23.8 Å². The lowest BCUT2D eigenvalue weighted by Crippen LogP contribution is -2.43. The molecule has 0 radical (unpaired) electrons. The molecule has 2 N–H and O–H groups in total. The number of hydrogen-bond donors (Lipinski definition) is 2. The lowest BCUT2D eigenvalue weighted by molar-refractivity contribution is -0.143. The smallest absolute Gasteiger partial charge is 0.416 e. The first-order chi connectivity index (χ1) is 17.4. The van der Waals surface area contributed by atoms with E-state index in [4.69, 9.17) is 4.74 Å². The number of anilines is 1. The van der Waals surface area contributed by atoms with Crippen molar-refractivity contribution in [2.24, 2.45) is 5.92 Å². The number of halogens is 6. The average molecular weight is 532 g/mol. The third-order valence-electron chi connectivity index (χ3n) is 6.59. The van der Waals surface area contributed by atoms with Gasteiger partial charge in [0.1, 0.15) is 5.75 Å². The van der Waals surface area contributed by atoms with Crippen LogP contribution in [0, 0.1) is 5.92 Å². The minimum Gasteiger partial charge on any atom is -0.496 e. The number of alkyl halides is 6. The molecular weight excluding hydrogens is 500 g/mol. The molecule has 2 amide bonds. The van der Waals surface area contributed by atoms with Gasteiger partial charge in [-0.1, -0.05) is 38.0 Å². The largest absolute Gasteiger partial charge is 0.496 e. The second-order valence-corrected chi connectivity index (χ2v) is 9.16. The van der Waals surface area contributed by atoms with Gasteiger partial charge in [0.05, 0.1) is 24.3 Å². The minimum atomic E-state index is -5.01. The number of urea groups is 1. The highest BCUT2D eigenvalue weighted by Gasteiger charge is 2.37. The number of piperidine rings is 1. The van der Waals surface area contributed by atoms with Crippen LogP contribution >= 0.6 is 0 Å². The normalized spacial score (nSPS) is 16.3. The Labute approximate surface area is 212 Å². The fourth-order valence-electron chi connectivity index (χ4n) is 4.73. The zero-order valence-corrected chi connectivity index (χ0v) is 20.7. The van der Waals surface area contributed by atoms with Gasteiger partial charge in [0.25, 0.3) is 0 Å². The summed E-state index contributed by atoms with van der Waals surface area (Å²) in [5.74, 6) is 1.25. The van der Waals surface area contributed by atoms with E-state index in [2.05, 4.69) is 22.5 Å². The van der Waals surface area contributed by atoms with Crippen LogP contribution in [0.25, 0.3) is 0 Å². The third kappa shape index (κ3) is 7.77. The standard InChI is InChI=1S/C26H31F6N3O2/c1-3-6-17-9-11-35(12-10-17)22(21-7-4-5-8-23(21)37-2)16-33-24(36)34-20-14-18(25(27,28)29)13-19(15-20)26(30,31)32/h4-5,7-8,13-15,17,22H,3,6,9-12,16H2,1-2H3,(H2,33,34,36). The number of likely N-dealkylation sites (tertiary alicyclic amines) is 1. The topological polar surface area (TPSA) is 53.6 Å². The zero-order valence-electron chi connectivity index (χ0n) is 20.7. The van der Waals surface area contributed by atoms with Gasteiger partial charge >= 0.3 is 18.4 Å².